The Balaban J connectivity index is 1.45. The van der Waals surface area contributed by atoms with Crippen molar-refractivity contribution in [3.8, 4) is 0 Å². The lowest BCUT2D eigenvalue weighted by Crippen LogP contribution is -2.71. The molecule has 0 aromatic carbocycles. The third-order valence-corrected chi connectivity index (χ3v) is 12.1. The molecular weight excluding hydrogens is 936 g/mol. The van der Waals surface area contributed by atoms with Crippen LogP contribution in [0.5, 0.6) is 0 Å². The number of aliphatic hydroxyl groups excluding tert-OH is 16. The Morgan fingerprint density at radius 3 is 1.53 bits per heavy atom. The van der Waals surface area contributed by atoms with Crippen LogP contribution in [-0.2, 0) is 57.0 Å². The van der Waals surface area contributed by atoms with Crippen molar-refractivity contribution in [1.29, 1.82) is 0 Å². The van der Waals surface area contributed by atoms with Gasteiger partial charge in [0.25, 0.3) is 5.79 Å². The average molecular weight is 999 g/mol. The highest BCUT2D eigenvalue weighted by molar-refractivity contribution is 5.76. The number of carboxylic acids is 1. The molecule has 394 valence electrons. The van der Waals surface area contributed by atoms with Crippen LogP contribution in [0.15, 0.2) is 0 Å². The van der Waals surface area contributed by atoms with Gasteiger partial charge in [-0.2, -0.15) is 0 Å². The molecule has 0 saturated carbocycles. The van der Waals surface area contributed by atoms with Gasteiger partial charge in [-0.1, -0.05) is 0 Å². The third-order valence-electron chi connectivity index (χ3n) is 12.1. The van der Waals surface area contributed by atoms with Crippen LogP contribution in [0.2, 0.25) is 0 Å². The average Bonchev–Trinajstić information content (AvgIpc) is 3.29. The summed E-state index contributed by atoms with van der Waals surface area (Å²) in [7, 11) is 0. The number of carboxylic acid groups (broad SMARTS) is 1. The molecule has 5 fully saturated rings. The molecule has 5 aliphatic rings. The van der Waals surface area contributed by atoms with Crippen LogP contribution in [0.1, 0.15) is 20.3 Å². The van der Waals surface area contributed by atoms with Crippen molar-refractivity contribution in [1.82, 2.24) is 10.6 Å². The van der Waals surface area contributed by atoms with Crippen LogP contribution in [0, 0.1) is 0 Å². The number of carbonyl (C=O) groups excluding carboxylic acids is 2. The summed E-state index contributed by atoms with van der Waals surface area (Å²) in [4.78, 5) is 37.7. The summed E-state index contributed by atoms with van der Waals surface area (Å²) in [5.74, 6) is -6.99. The van der Waals surface area contributed by atoms with E-state index in [1.807, 2.05) is 0 Å². The molecule has 19 N–H and O–H groups in total. The Morgan fingerprint density at radius 2 is 1.03 bits per heavy atom. The van der Waals surface area contributed by atoms with Crippen molar-refractivity contribution in [3.63, 3.8) is 0 Å². The highest BCUT2D eigenvalue weighted by atomic mass is 16.8. The van der Waals surface area contributed by atoms with Crippen molar-refractivity contribution < 1.29 is 144 Å². The number of hydrogen-bond donors (Lipinski definition) is 19. The second-order valence-electron chi connectivity index (χ2n) is 16.8. The van der Waals surface area contributed by atoms with Gasteiger partial charge < -0.3 is 140 Å². The van der Waals surface area contributed by atoms with Gasteiger partial charge in [0.1, 0.15) is 116 Å². The monoisotopic (exact) mass is 998 g/mol. The number of amides is 2. The summed E-state index contributed by atoms with van der Waals surface area (Å²) in [6.07, 6.45) is -47.6. The van der Waals surface area contributed by atoms with Crippen molar-refractivity contribution >= 4 is 17.8 Å². The number of rotatable bonds is 18. The van der Waals surface area contributed by atoms with E-state index in [0.29, 0.717) is 0 Å². The van der Waals surface area contributed by atoms with Crippen molar-refractivity contribution in [2.75, 3.05) is 33.0 Å². The first-order valence-electron chi connectivity index (χ1n) is 21.2. The van der Waals surface area contributed by atoms with E-state index in [-0.39, 0.29) is 0 Å². The molecule has 0 radical (unpaired) electrons. The van der Waals surface area contributed by atoms with E-state index >= 15 is 0 Å². The van der Waals surface area contributed by atoms with Gasteiger partial charge in [0.2, 0.25) is 11.8 Å². The zero-order valence-corrected chi connectivity index (χ0v) is 36.2. The number of aliphatic carboxylic acids is 1. The molecule has 5 heterocycles. The number of nitrogens with one attached hydrogen (secondary N) is 2. The molecule has 5 saturated heterocycles. The van der Waals surface area contributed by atoms with Crippen LogP contribution in [0.4, 0.5) is 0 Å². The molecule has 5 rings (SSSR count). The summed E-state index contributed by atoms with van der Waals surface area (Å²) in [5, 5.41) is 185. The van der Waals surface area contributed by atoms with Gasteiger partial charge in [-0.3, -0.25) is 9.59 Å². The molecule has 0 bridgehead atoms. The molecule has 0 aliphatic carbocycles. The first-order chi connectivity index (χ1) is 32.0. The molecule has 26 atom stereocenters. The van der Waals surface area contributed by atoms with Gasteiger partial charge in [-0.25, -0.2) is 4.79 Å². The summed E-state index contributed by atoms with van der Waals surface area (Å²) in [6.45, 7) is -3.28. The fourth-order valence-corrected chi connectivity index (χ4v) is 8.53. The minimum atomic E-state index is -3.19. The van der Waals surface area contributed by atoms with Gasteiger partial charge in [0, 0.05) is 20.3 Å². The van der Waals surface area contributed by atoms with Crippen LogP contribution in [0.3, 0.4) is 0 Å². The van der Waals surface area contributed by atoms with Crippen LogP contribution < -0.4 is 10.6 Å². The molecule has 4 unspecified atom stereocenters. The number of hydrogen-bond acceptors (Lipinski definition) is 28. The first kappa shape index (κ1) is 56.3. The molecule has 2 amide bonds. The quantitative estimate of drug-likeness (QED) is 0.0606. The Labute approximate surface area is 384 Å². The van der Waals surface area contributed by atoms with E-state index in [9.17, 15) is 101 Å². The molecule has 5 aliphatic heterocycles. The van der Waals surface area contributed by atoms with Gasteiger partial charge in [-0.15, -0.1) is 0 Å². The molecular formula is C37H62N2O29. The highest BCUT2D eigenvalue weighted by Crippen LogP contribution is 2.39. The van der Waals surface area contributed by atoms with E-state index in [0.717, 1.165) is 13.8 Å². The van der Waals surface area contributed by atoms with E-state index in [4.69, 9.17) is 42.6 Å². The molecule has 31 heteroatoms. The minimum absolute atomic E-state index is 0.818. The third kappa shape index (κ3) is 11.8. The van der Waals surface area contributed by atoms with E-state index in [1.165, 1.54) is 0 Å². The van der Waals surface area contributed by atoms with Gasteiger partial charge in [0.15, 0.2) is 25.2 Å². The van der Waals surface area contributed by atoms with E-state index in [1.54, 1.807) is 0 Å². The van der Waals surface area contributed by atoms with E-state index in [2.05, 4.69) is 10.6 Å². The van der Waals surface area contributed by atoms with Crippen molar-refractivity contribution in [2.24, 2.45) is 0 Å². The highest BCUT2D eigenvalue weighted by Gasteiger charge is 2.61. The van der Waals surface area contributed by atoms with Crippen LogP contribution in [0.25, 0.3) is 0 Å². The molecule has 0 aromatic heterocycles. The maximum Gasteiger partial charge on any atom is 0.364 e. The summed E-state index contributed by atoms with van der Waals surface area (Å²) in [6, 6.07) is -3.51. The Hall–Kier alpha value is -2.59. The van der Waals surface area contributed by atoms with Crippen molar-refractivity contribution in [2.45, 2.75) is 179 Å². The number of ether oxygens (including phenoxy) is 9. The lowest BCUT2D eigenvalue weighted by Gasteiger charge is -2.51. The molecule has 0 spiro atoms. The Bertz CT molecular complexity index is 1660. The lowest BCUT2D eigenvalue weighted by atomic mass is 9.88. The summed E-state index contributed by atoms with van der Waals surface area (Å²) < 4.78 is 50.7. The second kappa shape index (κ2) is 23.8. The molecule has 0 aromatic rings. The Kier molecular flexibility index (Phi) is 19.7. The smallest absolute Gasteiger partial charge is 0.364 e. The summed E-state index contributed by atoms with van der Waals surface area (Å²) in [5.41, 5.74) is 0. The predicted molar refractivity (Wildman–Crippen MR) is 207 cm³/mol. The maximum atomic E-state index is 13.0. The fourth-order valence-electron chi connectivity index (χ4n) is 8.53. The van der Waals surface area contributed by atoms with Crippen LogP contribution in [-0.4, -0.2) is 297 Å². The normalized spacial score (nSPS) is 46.6. The standard InChI is InChI=1S/C37H62N2O29/c1-9(45)38-17-11(47)3-37(36(58)59,67-29(17)19(49)12(48)4-40)68-31-22(52)15(7-43)63-35(26(31)56)65-28-18(39-10(2)46)33(61-13(5-41)20(28)50)66-30-21(51)14(6-42)62-34(25(30)55)64-27-16(8-44)60-32(57)24(54)23(27)53/h11-35,40-44,47-57H,3-8H2,1-2H3,(H,38,45)(H,39,46)(H,58,59)/t11-,12?,13-,14-,15-,16-,17+,18-,19?,20-,21+,22+,23+,24-,25-,26-,27-,28-,29?,30+,31+,32?,33+,34+,35+,37+/m1/s1. The topological polar surface area (TPSA) is 502 Å². The zero-order valence-electron chi connectivity index (χ0n) is 36.2. The van der Waals surface area contributed by atoms with Crippen LogP contribution >= 0.6 is 0 Å². The Morgan fingerprint density at radius 1 is 0.574 bits per heavy atom. The van der Waals surface area contributed by atoms with Gasteiger partial charge in [0.05, 0.1) is 45.2 Å². The molecule has 68 heavy (non-hydrogen) atoms. The summed E-state index contributed by atoms with van der Waals surface area (Å²) >= 11 is 0. The van der Waals surface area contributed by atoms with Crippen molar-refractivity contribution in [3.05, 3.63) is 0 Å². The lowest BCUT2D eigenvalue weighted by molar-refractivity contribution is -0.389. The predicted octanol–water partition coefficient (Wildman–Crippen LogP) is -12.4. The molecule has 31 nitrogen and oxygen atoms in total. The first-order valence-corrected chi connectivity index (χ1v) is 21.2. The van der Waals surface area contributed by atoms with Gasteiger partial charge in [-0.05, 0) is 0 Å². The van der Waals surface area contributed by atoms with Gasteiger partial charge >= 0.3 is 5.97 Å². The number of aliphatic hydroxyl groups is 16. The SMILES string of the molecule is CC(=O)N[C@H]1[C@H](O[C@H]2[C@@H](O)[C@@H](CO)O[C@@H](O[C@H]3[C@@H](O)[C@@H](O)C(O)O[C@@H]3CO)[C@@H]2O)O[C@H](CO)[C@@H](O)[C@@H]1O[C@@H]1O[C@H](CO)[C@H](O)[C@H](O[C@]2(C(=O)O)C[C@@H](O)[C@H](NC(C)=O)C(C(O)C(O)CO)O2)[C@H]1O. The minimum Gasteiger partial charge on any atom is -0.477 e. The number of carbonyl (C=O) groups is 3. The fraction of sp³-hybridized carbons (Fsp3) is 0.919. The van der Waals surface area contributed by atoms with E-state index < -0.39 is 216 Å². The zero-order chi connectivity index (χ0) is 50.7. The second-order valence-corrected chi connectivity index (χ2v) is 16.8. The maximum absolute atomic E-state index is 13.0. The largest absolute Gasteiger partial charge is 0.477 e.